The van der Waals surface area contributed by atoms with Gasteiger partial charge in [-0.25, -0.2) is 9.67 Å². The van der Waals surface area contributed by atoms with E-state index in [1.165, 1.54) is 0 Å². The first kappa shape index (κ1) is 18.6. The molecule has 0 spiro atoms. The molecule has 1 fully saturated rings. The molecule has 142 valence electrons. The minimum Gasteiger partial charge on any atom is -0.479 e. The van der Waals surface area contributed by atoms with E-state index in [0.717, 1.165) is 40.9 Å². The zero-order chi connectivity index (χ0) is 19.0. The van der Waals surface area contributed by atoms with Crippen LogP contribution in [0.2, 0.25) is 0 Å². The van der Waals surface area contributed by atoms with Gasteiger partial charge in [0.25, 0.3) is 0 Å². The Morgan fingerprint density at radius 1 is 1.35 bits per heavy atom. The van der Waals surface area contributed by atoms with Gasteiger partial charge in [0.2, 0.25) is 11.8 Å². The molecule has 7 nitrogen and oxygen atoms in total. The SMILES string of the molecule is COc1nn(C)c2nc(C)c(CCC(=O)N3CCNC(C)C3C)c(C)c12. The number of aromatic nitrogens is 3. The lowest BCUT2D eigenvalue weighted by molar-refractivity contribution is -0.134. The smallest absolute Gasteiger partial charge is 0.242 e. The molecule has 1 amide bonds. The molecule has 0 bridgehead atoms. The molecule has 1 saturated heterocycles. The fourth-order valence-electron chi connectivity index (χ4n) is 3.89. The van der Waals surface area contributed by atoms with Crippen LogP contribution in [-0.2, 0) is 18.3 Å². The number of rotatable bonds is 4. The molecule has 3 heterocycles. The quantitative estimate of drug-likeness (QED) is 0.900. The second kappa shape index (κ2) is 7.23. The minimum absolute atomic E-state index is 0.211. The third-order valence-electron chi connectivity index (χ3n) is 5.66. The number of hydrogen-bond acceptors (Lipinski definition) is 5. The van der Waals surface area contributed by atoms with Crippen molar-refractivity contribution in [3.63, 3.8) is 0 Å². The van der Waals surface area contributed by atoms with Crippen molar-refractivity contribution in [2.75, 3.05) is 20.2 Å². The van der Waals surface area contributed by atoms with Crippen molar-refractivity contribution in [3.05, 3.63) is 16.8 Å². The molecule has 26 heavy (non-hydrogen) atoms. The standard InChI is InChI=1S/C19H29N5O2/c1-11-15(7-8-16(25)24-10-9-20-12(2)14(24)4)13(3)21-18-17(11)19(26-6)22-23(18)5/h12,14,20H,7-10H2,1-6H3. The summed E-state index contributed by atoms with van der Waals surface area (Å²) in [5.41, 5.74) is 3.99. The highest BCUT2D eigenvalue weighted by Crippen LogP contribution is 2.30. The van der Waals surface area contributed by atoms with Gasteiger partial charge in [-0.1, -0.05) is 0 Å². The largest absolute Gasteiger partial charge is 0.479 e. The Morgan fingerprint density at radius 2 is 2.08 bits per heavy atom. The van der Waals surface area contributed by atoms with Gasteiger partial charge in [-0.2, -0.15) is 0 Å². The number of carbonyl (C=O) groups excluding carboxylic acids is 1. The van der Waals surface area contributed by atoms with E-state index in [-0.39, 0.29) is 11.9 Å². The molecule has 0 saturated carbocycles. The number of aryl methyl sites for hydroxylation is 3. The summed E-state index contributed by atoms with van der Waals surface area (Å²) < 4.78 is 7.16. The van der Waals surface area contributed by atoms with Crippen LogP contribution in [0.1, 0.15) is 37.1 Å². The third-order valence-corrected chi connectivity index (χ3v) is 5.66. The van der Waals surface area contributed by atoms with Gasteiger partial charge in [0.05, 0.1) is 12.5 Å². The van der Waals surface area contributed by atoms with E-state index in [9.17, 15) is 4.79 Å². The number of amides is 1. The number of methoxy groups -OCH3 is 1. The van der Waals surface area contributed by atoms with Crippen LogP contribution < -0.4 is 10.1 Å². The summed E-state index contributed by atoms with van der Waals surface area (Å²) in [4.78, 5) is 19.5. The molecule has 0 radical (unpaired) electrons. The first-order valence-electron chi connectivity index (χ1n) is 9.24. The molecular weight excluding hydrogens is 330 g/mol. The molecule has 2 atom stereocenters. The molecule has 1 N–H and O–H groups in total. The summed E-state index contributed by atoms with van der Waals surface area (Å²) >= 11 is 0. The Morgan fingerprint density at radius 3 is 2.77 bits per heavy atom. The third kappa shape index (κ3) is 3.16. The molecular formula is C19H29N5O2. The first-order valence-corrected chi connectivity index (χ1v) is 9.24. The van der Waals surface area contributed by atoms with Gasteiger partial charge in [-0.3, -0.25) is 4.79 Å². The lowest BCUT2D eigenvalue weighted by Crippen LogP contribution is -2.57. The molecule has 3 rings (SSSR count). The second-order valence-electron chi connectivity index (χ2n) is 7.20. The number of hydrogen-bond donors (Lipinski definition) is 1. The number of pyridine rings is 1. The summed E-state index contributed by atoms with van der Waals surface area (Å²) in [5, 5.41) is 8.74. The van der Waals surface area contributed by atoms with Crippen LogP contribution in [0.15, 0.2) is 0 Å². The topological polar surface area (TPSA) is 72.3 Å². The number of carbonyl (C=O) groups is 1. The number of piperazine rings is 1. The Hall–Kier alpha value is -2.15. The van der Waals surface area contributed by atoms with Gasteiger partial charge in [-0.15, -0.1) is 5.10 Å². The summed E-state index contributed by atoms with van der Waals surface area (Å²) in [6.07, 6.45) is 1.18. The molecule has 1 aliphatic heterocycles. The van der Waals surface area contributed by atoms with Crippen molar-refractivity contribution in [1.82, 2.24) is 25.0 Å². The van der Waals surface area contributed by atoms with Crippen LogP contribution in [0.25, 0.3) is 11.0 Å². The van der Waals surface area contributed by atoms with Gasteiger partial charge < -0.3 is 15.0 Å². The number of nitrogens with one attached hydrogen (secondary N) is 1. The average molecular weight is 359 g/mol. The van der Waals surface area contributed by atoms with E-state index in [0.29, 0.717) is 24.8 Å². The van der Waals surface area contributed by atoms with Crippen LogP contribution in [0.4, 0.5) is 0 Å². The van der Waals surface area contributed by atoms with Crippen LogP contribution >= 0.6 is 0 Å². The zero-order valence-corrected chi connectivity index (χ0v) is 16.6. The lowest BCUT2D eigenvalue weighted by atomic mass is 9.99. The Labute approximate surface area is 154 Å². The Bertz CT molecular complexity index is 829. The summed E-state index contributed by atoms with van der Waals surface area (Å²) in [7, 11) is 3.49. The molecule has 2 unspecified atom stereocenters. The van der Waals surface area contributed by atoms with E-state index < -0.39 is 0 Å². The van der Waals surface area contributed by atoms with E-state index >= 15 is 0 Å². The normalized spacial score (nSPS) is 20.6. The van der Waals surface area contributed by atoms with Crippen molar-refractivity contribution in [1.29, 1.82) is 0 Å². The van der Waals surface area contributed by atoms with Crippen molar-refractivity contribution >= 4 is 16.9 Å². The Kier molecular flexibility index (Phi) is 5.18. The van der Waals surface area contributed by atoms with E-state index in [4.69, 9.17) is 9.72 Å². The first-order chi connectivity index (χ1) is 12.3. The Balaban J connectivity index is 1.84. The van der Waals surface area contributed by atoms with Gasteiger partial charge in [0.15, 0.2) is 5.65 Å². The maximum Gasteiger partial charge on any atom is 0.242 e. The molecule has 1 aliphatic rings. The molecule has 0 aromatic carbocycles. The fourth-order valence-corrected chi connectivity index (χ4v) is 3.89. The van der Waals surface area contributed by atoms with E-state index in [1.54, 1.807) is 11.8 Å². The average Bonchev–Trinajstić information content (AvgIpc) is 2.93. The maximum atomic E-state index is 12.8. The van der Waals surface area contributed by atoms with Crippen molar-refractivity contribution in [3.8, 4) is 5.88 Å². The molecule has 2 aromatic heterocycles. The highest BCUT2D eigenvalue weighted by molar-refractivity contribution is 5.86. The van der Waals surface area contributed by atoms with Crippen LogP contribution in [0.5, 0.6) is 5.88 Å². The predicted molar refractivity (Wildman–Crippen MR) is 101 cm³/mol. The van der Waals surface area contributed by atoms with Crippen LogP contribution in [-0.4, -0.2) is 57.9 Å². The number of fused-ring (bicyclic) bond motifs is 1. The molecule has 2 aromatic rings. The maximum absolute atomic E-state index is 12.8. The molecule has 7 heteroatoms. The molecule has 0 aliphatic carbocycles. The van der Waals surface area contributed by atoms with Crippen molar-refractivity contribution in [2.45, 2.75) is 52.6 Å². The summed E-state index contributed by atoms with van der Waals surface area (Å²) in [6, 6.07) is 0.548. The summed E-state index contributed by atoms with van der Waals surface area (Å²) in [6.45, 7) is 9.94. The van der Waals surface area contributed by atoms with E-state index in [1.807, 2.05) is 18.9 Å². The van der Waals surface area contributed by atoms with Gasteiger partial charge in [-0.05, 0) is 45.2 Å². The fraction of sp³-hybridized carbons (Fsp3) is 0.632. The lowest BCUT2D eigenvalue weighted by Gasteiger charge is -2.38. The number of ether oxygens (including phenoxy) is 1. The second-order valence-corrected chi connectivity index (χ2v) is 7.20. The van der Waals surface area contributed by atoms with Crippen molar-refractivity contribution < 1.29 is 9.53 Å². The van der Waals surface area contributed by atoms with Crippen molar-refractivity contribution in [2.24, 2.45) is 7.05 Å². The van der Waals surface area contributed by atoms with Gasteiger partial charge in [0, 0.05) is 44.3 Å². The van der Waals surface area contributed by atoms with Gasteiger partial charge in [0.1, 0.15) is 0 Å². The monoisotopic (exact) mass is 359 g/mol. The van der Waals surface area contributed by atoms with Crippen LogP contribution in [0.3, 0.4) is 0 Å². The van der Waals surface area contributed by atoms with Crippen LogP contribution in [0, 0.1) is 13.8 Å². The van der Waals surface area contributed by atoms with Gasteiger partial charge >= 0.3 is 0 Å². The zero-order valence-electron chi connectivity index (χ0n) is 16.6. The van der Waals surface area contributed by atoms with E-state index in [2.05, 4.69) is 31.2 Å². The summed E-state index contributed by atoms with van der Waals surface area (Å²) in [5.74, 6) is 0.799. The minimum atomic E-state index is 0.211. The predicted octanol–water partition coefficient (Wildman–Crippen LogP) is 1.74. The highest BCUT2D eigenvalue weighted by atomic mass is 16.5. The number of nitrogens with zero attached hydrogens (tertiary/aromatic N) is 4. The highest BCUT2D eigenvalue weighted by Gasteiger charge is 2.28.